The molecule has 0 radical (unpaired) electrons. The summed E-state index contributed by atoms with van der Waals surface area (Å²) >= 11 is 0. The number of benzene rings is 1. The fourth-order valence-corrected chi connectivity index (χ4v) is 3.60. The Labute approximate surface area is 153 Å². The van der Waals surface area contributed by atoms with Gasteiger partial charge in [0, 0.05) is 31.7 Å². The Morgan fingerprint density at radius 3 is 2.65 bits per heavy atom. The molecule has 132 valence electrons. The van der Waals surface area contributed by atoms with Crippen molar-refractivity contribution in [2.45, 2.75) is 25.2 Å². The molecule has 0 N–H and O–H groups in total. The van der Waals surface area contributed by atoms with Crippen molar-refractivity contribution in [2.75, 3.05) is 13.1 Å². The maximum atomic E-state index is 12.9. The van der Waals surface area contributed by atoms with E-state index < -0.39 is 0 Å². The Balaban J connectivity index is 1.43. The van der Waals surface area contributed by atoms with Crippen molar-refractivity contribution in [3.63, 3.8) is 0 Å². The number of amides is 1. The predicted octanol–water partition coefficient (Wildman–Crippen LogP) is 3.68. The van der Waals surface area contributed by atoms with E-state index in [1.807, 2.05) is 27.8 Å². The number of hydrogen-bond donors (Lipinski definition) is 0. The second kappa shape index (κ2) is 7.52. The van der Waals surface area contributed by atoms with Crippen LogP contribution in [0.5, 0.6) is 0 Å². The average molecular weight is 346 g/mol. The summed E-state index contributed by atoms with van der Waals surface area (Å²) in [5, 5.41) is 0. The molecule has 4 rings (SSSR count). The number of hydrogen-bond acceptors (Lipinski definition) is 3. The minimum atomic E-state index is 0.0726. The highest BCUT2D eigenvalue weighted by atomic mass is 16.2. The molecule has 0 bridgehead atoms. The van der Waals surface area contributed by atoms with E-state index >= 15 is 0 Å². The number of nitrogens with zero attached hydrogens (tertiary/aromatic N) is 4. The number of pyridine rings is 1. The Hall–Kier alpha value is -2.95. The Morgan fingerprint density at radius 2 is 1.92 bits per heavy atom. The van der Waals surface area contributed by atoms with E-state index in [4.69, 9.17) is 0 Å². The lowest BCUT2D eigenvalue weighted by molar-refractivity contribution is 0.0760. The van der Waals surface area contributed by atoms with Gasteiger partial charge in [-0.15, -0.1) is 0 Å². The Morgan fingerprint density at radius 1 is 1.04 bits per heavy atom. The molecule has 2 aromatic heterocycles. The molecule has 5 heteroatoms. The van der Waals surface area contributed by atoms with Gasteiger partial charge in [-0.05, 0) is 42.9 Å². The third-order valence-electron chi connectivity index (χ3n) is 5.05. The molecular weight excluding hydrogens is 324 g/mol. The second-order valence-electron chi connectivity index (χ2n) is 6.71. The van der Waals surface area contributed by atoms with Crippen molar-refractivity contribution in [1.82, 2.24) is 19.4 Å². The molecule has 0 unspecified atom stereocenters. The molecule has 0 spiro atoms. The van der Waals surface area contributed by atoms with Gasteiger partial charge in [0.05, 0.1) is 5.56 Å². The maximum Gasteiger partial charge on any atom is 0.255 e. The molecule has 1 fully saturated rings. The highest BCUT2D eigenvalue weighted by Crippen LogP contribution is 2.28. The number of aromatic nitrogens is 3. The molecule has 1 amide bonds. The lowest BCUT2D eigenvalue weighted by atomic mass is 9.92. The zero-order chi connectivity index (χ0) is 17.8. The molecule has 1 aliphatic rings. The quantitative estimate of drug-likeness (QED) is 0.727. The standard InChI is InChI=1S/C21H22N4O/c26-21(19-8-9-20(23-15-19)25-14-11-22-16-25)24-12-4-7-18(10-13-24)17-5-2-1-3-6-17/h1-3,5-6,8-9,11,14-16,18H,4,7,10,12-13H2/t18-/m0/s1. The van der Waals surface area contributed by atoms with Crippen molar-refractivity contribution in [3.8, 4) is 5.82 Å². The van der Waals surface area contributed by atoms with Crippen LogP contribution in [0.2, 0.25) is 0 Å². The topological polar surface area (TPSA) is 51.0 Å². The van der Waals surface area contributed by atoms with Gasteiger partial charge in [-0.25, -0.2) is 9.97 Å². The first-order valence-corrected chi connectivity index (χ1v) is 9.10. The number of likely N-dealkylation sites (tertiary alicyclic amines) is 1. The molecule has 1 aromatic carbocycles. The van der Waals surface area contributed by atoms with E-state index in [2.05, 4.69) is 40.3 Å². The van der Waals surface area contributed by atoms with Gasteiger partial charge >= 0.3 is 0 Å². The smallest absolute Gasteiger partial charge is 0.255 e. The molecular formula is C21H22N4O. The minimum absolute atomic E-state index is 0.0726. The summed E-state index contributed by atoms with van der Waals surface area (Å²) in [6.45, 7) is 1.60. The van der Waals surface area contributed by atoms with Gasteiger partial charge in [-0.1, -0.05) is 30.3 Å². The molecule has 5 nitrogen and oxygen atoms in total. The zero-order valence-corrected chi connectivity index (χ0v) is 14.7. The fraction of sp³-hybridized carbons (Fsp3) is 0.286. The van der Waals surface area contributed by atoms with Gasteiger partial charge < -0.3 is 4.90 Å². The van der Waals surface area contributed by atoms with Crippen molar-refractivity contribution in [2.24, 2.45) is 0 Å². The molecule has 0 saturated carbocycles. The van der Waals surface area contributed by atoms with Crippen molar-refractivity contribution in [3.05, 3.63) is 78.5 Å². The molecule has 1 aliphatic heterocycles. The lowest BCUT2D eigenvalue weighted by Crippen LogP contribution is -2.32. The van der Waals surface area contributed by atoms with E-state index in [1.54, 1.807) is 18.7 Å². The molecule has 1 saturated heterocycles. The molecule has 26 heavy (non-hydrogen) atoms. The largest absolute Gasteiger partial charge is 0.339 e. The first-order chi connectivity index (χ1) is 12.8. The van der Waals surface area contributed by atoms with Crippen LogP contribution < -0.4 is 0 Å². The maximum absolute atomic E-state index is 12.9. The number of rotatable bonds is 3. The summed E-state index contributed by atoms with van der Waals surface area (Å²) in [6.07, 6.45) is 10.1. The minimum Gasteiger partial charge on any atom is -0.339 e. The summed E-state index contributed by atoms with van der Waals surface area (Å²) in [6, 6.07) is 14.3. The molecule has 3 heterocycles. The SMILES string of the molecule is O=C(c1ccc(-n2ccnc2)nc1)N1CCC[C@H](c2ccccc2)CC1. The van der Waals surface area contributed by atoms with Crippen LogP contribution in [-0.4, -0.2) is 38.4 Å². The first kappa shape index (κ1) is 16.5. The molecule has 0 aliphatic carbocycles. The third-order valence-corrected chi connectivity index (χ3v) is 5.05. The van der Waals surface area contributed by atoms with Gasteiger partial charge in [0.15, 0.2) is 0 Å². The predicted molar refractivity (Wildman–Crippen MR) is 100 cm³/mol. The Kier molecular flexibility index (Phi) is 4.78. The Bertz CT molecular complexity index is 843. The van der Waals surface area contributed by atoms with Crippen LogP contribution in [0.15, 0.2) is 67.4 Å². The van der Waals surface area contributed by atoms with E-state index in [0.717, 1.165) is 38.2 Å². The number of carbonyl (C=O) groups excluding carboxylic acids is 1. The van der Waals surface area contributed by atoms with E-state index in [0.29, 0.717) is 11.5 Å². The van der Waals surface area contributed by atoms with Crippen LogP contribution in [0, 0.1) is 0 Å². The fourth-order valence-electron chi connectivity index (χ4n) is 3.60. The summed E-state index contributed by atoms with van der Waals surface area (Å²) in [5.74, 6) is 1.37. The van der Waals surface area contributed by atoms with Gasteiger partial charge in [0.25, 0.3) is 5.91 Å². The van der Waals surface area contributed by atoms with Crippen molar-refractivity contribution < 1.29 is 4.79 Å². The molecule has 3 aromatic rings. The molecule has 1 atom stereocenters. The summed E-state index contributed by atoms with van der Waals surface area (Å²) in [5.41, 5.74) is 2.03. The number of carbonyl (C=O) groups is 1. The van der Waals surface area contributed by atoms with Crippen LogP contribution in [0.3, 0.4) is 0 Å². The lowest BCUT2D eigenvalue weighted by Gasteiger charge is -2.21. The van der Waals surface area contributed by atoms with Crippen LogP contribution in [0.1, 0.15) is 41.1 Å². The van der Waals surface area contributed by atoms with Crippen LogP contribution in [0.25, 0.3) is 5.82 Å². The number of imidazole rings is 1. The second-order valence-corrected chi connectivity index (χ2v) is 6.71. The summed E-state index contributed by atoms with van der Waals surface area (Å²) < 4.78 is 1.82. The summed E-state index contributed by atoms with van der Waals surface area (Å²) in [7, 11) is 0. The van der Waals surface area contributed by atoms with E-state index in [1.165, 1.54) is 5.56 Å². The zero-order valence-electron chi connectivity index (χ0n) is 14.7. The monoisotopic (exact) mass is 346 g/mol. The van der Waals surface area contributed by atoms with Crippen LogP contribution in [-0.2, 0) is 0 Å². The highest BCUT2D eigenvalue weighted by molar-refractivity contribution is 5.94. The van der Waals surface area contributed by atoms with Crippen molar-refractivity contribution >= 4 is 5.91 Å². The van der Waals surface area contributed by atoms with Crippen LogP contribution in [0.4, 0.5) is 0 Å². The van der Waals surface area contributed by atoms with Gasteiger partial charge in [-0.2, -0.15) is 0 Å². The van der Waals surface area contributed by atoms with Crippen LogP contribution >= 0.6 is 0 Å². The average Bonchev–Trinajstić information content (AvgIpc) is 3.13. The normalized spacial score (nSPS) is 17.7. The highest BCUT2D eigenvalue weighted by Gasteiger charge is 2.22. The van der Waals surface area contributed by atoms with E-state index in [-0.39, 0.29) is 5.91 Å². The van der Waals surface area contributed by atoms with Crippen molar-refractivity contribution in [1.29, 1.82) is 0 Å². The van der Waals surface area contributed by atoms with Gasteiger partial charge in [0.1, 0.15) is 12.1 Å². The van der Waals surface area contributed by atoms with Gasteiger partial charge in [-0.3, -0.25) is 9.36 Å². The van der Waals surface area contributed by atoms with Gasteiger partial charge in [0.2, 0.25) is 0 Å². The first-order valence-electron chi connectivity index (χ1n) is 9.10. The third kappa shape index (κ3) is 3.52. The summed E-state index contributed by atoms with van der Waals surface area (Å²) in [4.78, 5) is 23.2. The van der Waals surface area contributed by atoms with E-state index in [9.17, 15) is 4.79 Å².